The molecular formula is C26H30N4O3S. The first-order chi connectivity index (χ1) is 16.4. The summed E-state index contributed by atoms with van der Waals surface area (Å²) in [5, 5.41) is 2.94. The highest BCUT2D eigenvalue weighted by atomic mass is 32.2. The minimum atomic E-state index is -3.71. The van der Waals surface area contributed by atoms with E-state index in [1.165, 1.54) is 35.5 Å². The minimum absolute atomic E-state index is 0.111. The second-order valence-corrected chi connectivity index (χ2v) is 10.1. The molecule has 3 aromatic carbocycles. The largest absolute Gasteiger partial charge is 0.369 e. The van der Waals surface area contributed by atoms with Crippen LogP contribution in [-0.2, 0) is 10.0 Å². The highest BCUT2D eigenvalue weighted by Gasteiger charge is 2.18. The van der Waals surface area contributed by atoms with Crippen LogP contribution in [0.2, 0.25) is 0 Å². The molecule has 0 atom stereocenters. The van der Waals surface area contributed by atoms with Crippen LogP contribution < -0.4 is 14.9 Å². The molecule has 0 radical (unpaired) electrons. The summed E-state index contributed by atoms with van der Waals surface area (Å²) >= 11 is 0. The molecule has 0 unspecified atom stereocenters. The predicted molar refractivity (Wildman–Crippen MR) is 136 cm³/mol. The lowest BCUT2D eigenvalue weighted by molar-refractivity contribution is 0.0947. The average Bonchev–Trinajstić information content (AvgIpc) is 2.85. The Morgan fingerprint density at radius 1 is 0.882 bits per heavy atom. The molecule has 0 saturated carbocycles. The molecule has 1 fully saturated rings. The molecule has 3 aromatic rings. The van der Waals surface area contributed by atoms with Gasteiger partial charge < -0.3 is 10.2 Å². The number of carbonyl (C=O) groups excluding carboxylic acids is 1. The van der Waals surface area contributed by atoms with Crippen LogP contribution >= 0.6 is 0 Å². The molecule has 178 valence electrons. The van der Waals surface area contributed by atoms with Crippen LogP contribution in [0.4, 0.5) is 11.4 Å². The fourth-order valence-corrected chi connectivity index (χ4v) is 5.05. The Morgan fingerprint density at radius 3 is 2.26 bits per heavy atom. The van der Waals surface area contributed by atoms with Gasteiger partial charge in [-0.3, -0.25) is 14.4 Å². The molecular weight excluding hydrogens is 448 g/mol. The maximum Gasteiger partial charge on any atom is 0.261 e. The molecule has 2 N–H and O–H groups in total. The van der Waals surface area contributed by atoms with Gasteiger partial charge in [0, 0.05) is 56.2 Å². The van der Waals surface area contributed by atoms with E-state index in [1.54, 1.807) is 24.3 Å². The van der Waals surface area contributed by atoms with Gasteiger partial charge in [0.2, 0.25) is 0 Å². The normalized spacial score (nSPS) is 14.6. The molecule has 1 aliphatic heterocycles. The Morgan fingerprint density at radius 2 is 1.59 bits per heavy atom. The van der Waals surface area contributed by atoms with Crippen molar-refractivity contribution < 1.29 is 13.2 Å². The molecule has 0 aromatic heterocycles. The topological polar surface area (TPSA) is 81.8 Å². The van der Waals surface area contributed by atoms with Crippen LogP contribution in [0.5, 0.6) is 0 Å². The molecule has 0 aliphatic carbocycles. The van der Waals surface area contributed by atoms with Gasteiger partial charge in [-0.2, -0.15) is 0 Å². The van der Waals surface area contributed by atoms with Crippen LogP contribution in [0.15, 0.2) is 83.8 Å². The predicted octanol–water partition coefficient (Wildman–Crippen LogP) is 3.35. The molecule has 1 amide bonds. The summed E-state index contributed by atoms with van der Waals surface area (Å²) < 4.78 is 27.6. The van der Waals surface area contributed by atoms with Gasteiger partial charge in [0.25, 0.3) is 15.9 Å². The third-order valence-electron chi connectivity index (χ3n) is 5.91. The lowest BCUT2D eigenvalue weighted by Gasteiger charge is -2.36. The summed E-state index contributed by atoms with van der Waals surface area (Å²) in [5.41, 5.74) is 3.45. The van der Waals surface area contributed by atoms with Crippen molar-refractivity contribution in [3.05, 3.63) is 90.0 Å². The molecule has 8 heteroatoms. The van der Waals surface area contributed by atoms with Crippen molar-refractivity contribution in [1.82, 2.24) is 10.2 Å². The number of sulfonamides is 1. The first kappa shape index (κ1) is 23.8. The van der Waals surface area contributed by atoms with E-state index < -0.39 is 10.0 Å². The van der Waals surface area contributed by atoms with E-state index in [9.17, 15) is 13.2 Å². The number of rotatable bonds is 8. The molecule has 1 heterocycles. The van der Waals surface area contributed by atoms with E-state index >= 15 is 0 Å². The number of benzene rings is 3. The number of hydrogen-bond donors (Lipinski definition) is 2. The van der Waals surface area contributed by atoms with E-state index in [1.807, 2.05) is 6.07 Å². The number of nitrogens with one attached hydrogen (secondary N) is 2. The Labute approximate surface area is 201 Å². The summed E-state index contributed by atoms with van der Waals surface area (Å²) in [6.07, 6.45) is 0. The van der Waals surface area contributed by atoms with Gasteiger partial charge in [-0.15, -0.1) is 0 Å². The van der Waals surface area contributed by atoms with Crippen molar-refractivity contribution in [2.75, 3.05) is 48.9 Å². The van der Waals surface area contributed by atoms with Crippen molar-refractivity contribution >= 4 is 27.3 Å². The summed E-state index contributed by atoms with van der Waals surface area (Å²) in [6.45, 7) is 7.25. The molecule has 0 spiro atoms. The second-order valence-electron chi connectivity index (χ2n) is 8.42. The number of anilines is 2. The Kier molecular flexibility index (Phi) is 7.49. The second kappa shape index (κ2) is 10.7. The highest BCUT2D eigenvalue weighted by molar-refractivity contribution is 7.92. The highest BCUT2D eigenvalue weighted by Crippen LogP contribution is 2.18. The molecule has 1 aliphatic rings. The quantitative estimate of drug-likeness (QED) is 0.519. The van der Waals surface area contributed by atoms with E-state index in [0.29, 0.717) is 17.8 Å². The van der Waals surface area contributed by atoms with Gasteiger partial charge in [0.15, 0.2) is 0 Å². The average molecular weight is 479 g/mol. The fourth-order valence-electron chi connectivity index (χ4n) is 3.99. The molecule has 1 saturated heterocycles. The zero-order valence-corrected chi connectivity index (χ0v) is 20.1. The SMILES string of the molecule is Cc1cccc(N2CCN(CCNC(=O)c3ccc(S(=O)(=O)Nc4ccccc4)cc3)CC2)c1. The van der Waals surface area contributed by atoms with Crippen LogP contribution in [0.3, 0.4) is 0 Å². The van der Waals surface area contributed by atoms with Crippen LogP contribution in [0.25, 0.3) is 0 Å². The van der Waals surface area contributed by atoms with E-state index in [-0.39, 0.29) is 10.8 Å². The fraction of sp³-hybridized carbons (Fsp3) is 0.269. The molecule has 4 rings (SSSR count). The number of para-hydroxylation sites is 1. The molecule has 0 bridgehead atoms. The standard InChI is InChI=1S/C26H30N4O3S/c1-21-6-5-9-24(20-21)30-18-16-29(17-19-30)15-14-27-26(31)22-10-12-25(13-11-22)34(32,33)28-23-7-3-2-4-8-23/h2-13,20,28H,14-19H2,1H3,(H,27,31). The van der Waals surface area contributed by atoms with Gasteiger partial charge in [0.1, 0.15) is 0 Å². The number of piperazine rings is 1. The maximum absolute atomic E-state index is 12.5. The van der Waals surface area contributed by atoms with Crippen molar-refractivity contribution in [2.45, 2.75) is 11.8 Å². The van der Waals surface area contributed by atoms with Crippen LogP contribution in [-0.4, -0.2) is 58.5 Å². The number of carbonyl (C=O) groups is 1. The van der Waals surface area contributed by atoms with Gasteiger partial charge >= 0.3 is 0 Å². The Hall–Kier alpha value is -3.36. The van der Waals surface area contributed by atoms with Crippen molar-refractivity contribution in [3.8, 4) is 0 Å². The van der Waals surface area contributed by atoms with Gasteiger partial charge in [0.05, 0.1) is 4.90 Å². The summed E-state index contributed by atoms with van der Waals surface area (Å²) in [6, 6.07) is 23.2. The zero-order valence-electron chi connectivity index (χ0n) is 19.3. The third kappa shape index (κ3) is 6.15. The maximum atomic E-state index is 12.5. The number of amides is 1. The molecule has 34 heavy (non-hydrogen) atoms. The molecule has 7 nitrogen and oxygen atoms in total. The van der Waals surface area contributed by atoms with E-state index in [0.717, 1.165) is 32.7 Å². The first-order valence-electron chi connectivity index (χ1n) is 11.4. The van der Waals surface area contributed by atoms with Gasteiger partial charge in [-0.1, -0.05) is 30.3 Å². The Bertz CT molecular complexity index is 1210. The summed E-state index contributed by atoms with van der Waals surface area (Å²) in [7, 11) is -3.71. The third-order valence-corrected chi connectivity index (χ3v) is 7.30. The van der Waals surface area contributed by atoms with Crippen molar-refractivity contribution in [3.63, 3.8) is 0 Å². The summed E-state index contributed by atoms with van der Waals surface area (Å²) in [5.74, 6) is -0.210. The van der Waals surface area contributed by atoms with E-state index in [2.05, 4.69) is 51.0 Å². The minimum Gasteiger partial charge on any atom is -0.369 e. The number of hydrogen-bond acceptors (Lipinski definition) is 5. The monoisotopic (exact) mass is 478 g/mol. The lowest BCUT2D eigenvalue weighted by atomic mass is 10.2. The van der Waals surface area contributed by atoms with Crippen molar-refractivity contribution in [2.24, 2.45) is 0 Å². The Balaban J connectivity index is 1.23. The lowest BCUT2D eigenvalue weighted by Crippen LogP contribution is -2.48. The van der Waals surface area contributed by atoms with Gasteiger partial charge in [-0.25, -0.2) is 8.42 Å². The smallest absolute Gasteiger partial charge is 0.261 e. The zero-order chi connectivity index (χ0) is 24.0. The first-order valence-corrected chi connectivity index (χ1v) is 12.9. The van der Waals surface area contributed by atoms with Crippen molar-refractivity contribution in [1.29, 1.82) is 0 Å². The van der Waals surface area contributed by atoms with Crippen LogP contribution in [0.1, 0.15) is 15.9 Å². The van der Waals surface area contributed by atoms with Crippen LogP contribution in [0, 0.1) is 6.92 Å². The van der Waals surface area contributed by atoms with Gasteiger partial charge in [-0.05, 0) is 61.0 Å². The summed E-state index contributed by atoms with van der Waals surface area (Å²) in [4.78, 5) is 17.4. The number of aryl methyl sites for hydroxylation is 1. The van der Waals surface area contributed by atoms with E-state index in [4.69, 9.17) is 0 Å². The number of nitrogens with zero attached hydrogens (tertiary/aromatic N) is 2.